The van der Waals surface area contributed by atoms with Crippen molar-refractivity contribution in [3.8, 4) is 0 Å². The average molecular weight is 166 g/mol. The van der Waals surface area contributed by atoms with E-state index < -0.39 is 0 Å². The van der Waals surface area contributed by atoms with Crippen LogP contribution in [0.2, 0.25) is 0 Å². The maximum atomic E-state index is 5.92. The molecule has 0 saturated carbocycles. The molecule has 0 unspecified atom stereocenters. The minimum absolute atomic E-state index is 0.214. The zero-order valence-electron chi connectivity index (χ0n) is 7.20. The van der Waals surface area contributed by atoms with Gasteiger partial charge in [-0.1, -0.05) is 0 Å². The highest BCUT2D eigenvalue weighted by molar-refractivity contribution is 5.08. The first-order valence-electron chi connectivity index (χ1n) is 4.22. The van der Waals surface area contributed by atoms with Crippen LogP contribution in [0.25, 0.3) is 0 Å². The van der Waals surface area contributed by atoms with Crippen LogP contribution in [0.4, 0.5) is 0 Å². The molecule has 4 nitrogen and oxygen atoms in total. The number of imidazole rings is 1. The van der Waals surface area contributed by atoms with Gasteiger partial charge < -0.3 is 15.6 Å². The van der Waals surface area contributed by atoms with Crippen LogP contribution in [0.3, 0.4) is 0 Å². The van der Waals surface area contributed by atoms with Crippen LogP contribution < -0.4 is 11.1 Å². The van der Waals surface area contributed by atoms with Gasteiger partial charge in [0, 0.05) is 44.5 Å². The molecule has 1 aromatic heterocycles. The number of rotatable bonds is 1. The lowest BCUT2D eigenvalue weighted by Crippen LogP contribution is -2.29. The summed E-state index contributed by atoms with van der Waals surface area (Å²) in [4.78, 5) is 4.29. The van der Waals surface area contributed by atoms with Crippen molar-refractivity contribution < 1.29 is 0 Å². The molecule has 2 atom stereocenters. The highest BCUT2D eigenvalue weighted by atomic mass is 15.1. The molecule has 1 saturated heterocycles. The summed E-state index contributed by atoms with van der Waals surface area (Å²) in [6, 6.07) is 0.214. The Labute approximate surface area is 71.8 Å². The van der Waals surface area contributed by atoms with Gasteiger partial charge >= 0.3 is 0 Å². The number of nitrogens with two attached hydrogens (primary N) is 1. The summed E-state index contributed by atoms with van der Waals surface area (Å²) in [5.74, 6) is 1.47. The molecule has 0 aliphatic carbocycles. The van der Waals surface area contributed by atoms with Gasteiger partial charge in [0.1, 0.15) is 5.82 Å². The van der Waals surface area contributed by atoms with E-state index in [1.54, 1.807) is 0 Å². The second kappa shape index (κ2) is 2.88. The van der Waals surface area contributed by atoms with Crippen molar-refractivity contribution in [1.82, 2.24) is 14.9 Å². The molecule has 66 valence electrons. The molecule has 2 rings (SSSR count). The molecule has 0 spiro atoms. The van der Waals surface area contributed by atoms with Crippen molar-refractivity contribution in [2.75, 3.05) is 13.1 Å². The third kappa shape index (κ3) is 1.13. The molecule has 1 aromatic rings. The van der Waals surface area contributed by atoms with Crippen LogP contribution in [0.1, 0.15) is 11.7 Å². The number of nitrogens with zero attached hydrogens (tertiary/aromatic N) is 2. The molecule has 0 radical (unpaired) electrons. The Balaban J connectivity index is 2.24. The van der Waals surface area contributed by atoms with E-state index in [0.29, 0.717) is 5.92 Å². The summed E-state index contributed by atoms with van der Waals surface area (Å²) < 4.78 is 2.04. The molecule has 1 aliphatic heterocycles. The van der Waals surface area contributed by atoms with Crippen molar-refractivity contribution in [3.63, 3.8) is 0 Å². The summed E-state index contributed by atoms with van der Waals surface area (Å²) in [6.07, 6.45) is 3.78. The summed E-state index contributed by atoms with van der Waals surface area (Å²) >= 11 is 0. The highest BCUT2D eigenvalue weighted by Crippen LogP contribution is 2.18. The summed E-state index contributed by atoms with van der Waals surface area (Å²) in [6.45, 7) is 1.85. The lowest BCUT2D eigenvalue weighted by Gasteiger charge is -2.13. The third-order valence-electron chi connectivity index (χ3n) is 2.45. The SMILES string of the molecule is Cn1ccnc1[C@@H]1CNC[C@H]1N. The minimum atomic E-state index is 0.214. The number of nitrogens with one attached hydrogen (secondary N) is 1. The Kier molecular flexibility index (Phi) is 1.86. The molecular formula is C8H14N4. The molecule has 0 amide bonds. The Morgan fingerprint density at radius 2 is 2.50 bits per heavy atom. The lowest BCUT2D eigenvalue weighted by molar-refractivity contribution is 0.593. The fourth-order valence-electron chi connectivity index (χ4n) is 1.72. The van der Waals surface area contributed by atoms with Gasteiger partial charge in [0.25, 0.3) is 0 Å². The van der Waals surface area contributed by atoms with Crippen molar-refractivity contribution in [2.45, 2.75) is 12.0 Å². The van der Waals surface area contributed by atoms with Gasteiger partial charge in [-0.25, -0.2) is 4.98 Å². The number of aryl methyl sites for hydroxylation is 1. The quantitative estimate of drug-likeness (QED) is 0.587. The maximum absolute atomic E-state index is 5.92. The maximum Gasteiger partial charge on any atom is 0.114 e. The standard InChI is InChI=1S/C8H14N4/c1-12-3-2-11-8(12)6-4-10-5-7(6)9/h2-3,6-7,10H,4-5,9H2,1H3/t6-,7-/m1/s1. The fraction of sp³-hybridized carbons (Fsp3) is 0.625. The lowest BCUT2D eigenvalue weighted by atomic mass is 10.0. The van der Waals surface area contributed by atoms with E-state index in [0.717, 1.165) is 18.9 Å². The van der Waals surface area contributed by atoms with Gasteiger partial charge in [-0.05, 0) is 0 Å². The zero-order valence-corrected chi connectivity index (χ0v) is 7.20. The van der Waals surface area contributed by atoms with Crippen LogP contribution in [0.5, 0.6) is 0 Å². The van der Waals surface area contributed by atoms with Crippen LogP contribution in [-0.2, 0) is 7.05 Å². The number of hydrogen-bond donors (Lipinski definition) is 2. The van der Waals surface area contributed by atoms with E-state index in [1.165, 1.54) is 0 Å². The van der Waals surface area contributed by atoms with Gasteiger partial charge in [0.2, 0.25) is 0 Å². The normalized spacial score (nSPS) is 29.5. The number of aromatic nitrogens is 2. The van der Waals surface area contributed by atoms with E-state index in [9.17, 15) is 0 Å². The van der Waals surface area contributed by atoms with Crippen molar-refractivity contribution in [3.05, 3.63) is 18.2 Å². The van der Waals surface area contributed by atoms with Crippen molar-refractivity contribution in [2.24, 2.45) is 12.8 Å². The Bertz CT molecular complexity index is 268. The van der Waals surface area contributed by atoms with E-state index in [-0.39, 0.29) is 6.04 Å². The Hall–Kier alpha value is -0.870. The second-order valence-electron chi connectivity index (χ2n) is 3.32. The molecule has 12 heavy (non-hydrogen) atoms. The van der Waals surface area contributed by atoms with Crippen molar-refractivity contribution in [1.29, 1.82) is 0 Å². The molecular weight excluding hydrogens is 152 g/mol. The Morgan fingerprint density at radius 1 is 1.67 bits per heavy atom. The zero-order chi connectivity index (χ0) is 8.55. The summed E-state index contributed by atoms with van der Waals surface area (Å²) in [5, 5.41) is 3.26. The molecule has 1 aliphatic rings. The largest absolute Gasteiger partial charge is 0.338 e. The van der Waals surface area contributed by atoms with E-state index in [2.05, 4.69) is 10.3 Å². The topological polar surface area (TPSA) is 55.9 Å². The molecule has 1 fully saturated rings. The van der Waals surface area contributed by atoms with Crippen LogP contribution in [0.15, 0.2) is 12.4 Å². The average Bonchev–Trinajstić information content (AvgIpc) is 2.59. The first-order valence-corrected chi connectivity index (χ1v) is 4.22. The van der Waals surface area contributed by atoms with Gasteiger partial charge in [-0.2, -0.15) is 0 Å². The van der Waals surface area contributed by atoms with E-state index in [4.69, 9.17) is 5.73 Å². The highest BCUT2D eigenvalue weighted by Gasteiger charge is 2.27. The molecule has 0 aromatic carbocycles. The first-order chi connectivity index (χ1) is 5.79. The Morgan fingerprint density at radius 3 is 3.00 bits per heavy atom. The predicted molar refractivity (Wildman–Crippen MR) is 46.8 cm³/mol. The second-order valence-corrected chi connectivity index (χ2v) is 3.32. The van der Waals surface area contributed by atoms with Gasteiger partial charge in [-0.3, -0.25) is 0 Å². The minimum Gasteiger partial charge on any atom is -0.338 e. The fourth-order valence-corrected chi connectivity index (χ4v) is 1.72. The summed E-state index contributed by atoms with van der Waals surface area (Å²) in [7, 11) is 2.01. The van der Waals surface area contributed by atoms with Crippen LogP contribution in [-0.4, -0.2) is 28.7 Å². The molecule has 0 bridgehead atoms. The molecule has 4 heteroatoms. The smallest absolute Gasteiger partial charge is 0.114 e. The van der Waals surface area contributed by atoms with E-state index >= 15 is 0 Å². The van der Waals surface area contributed by atoms with Gasteiger partial charge in [-0.15, -0.1) is 0 Å². The van der Waals surface area contributed by atoms with Crippen molar-refractivity contribution >= 4 is 0 Å². The summed E-state index contributed by atoms with van der Waals surface area (Å²) in [5.41, 5.74) is 5.92. The third-order valence-corrected chi connectivity index (χ3v) is 2.45. The molecule has 2 heterocycles. The number of hydrogen-bond acceptors (Lipinski definition) is 3. The van der Waals surface area contributed by atoms with Gasteiger partial charge in [0.05, 0.1) is 0 Å². The first kappa shape index (κ1) is 7.76. The molecule has 3 N–H and O–H groups in total. The van der Waals surface area contributed by atoms with E-state index in [1.807, 2.05) is 24.0 Å². The van der Waals surface area contributed by atoms with Gasteiger partial charge in [0.15, 0.2) is 0 Å². The predicted octanol–water partition coefficient (Wildman–Crippen LogP) is -0.566. The van der Waals surface area contributed by atoms with Crippen LogP contribution in [0, 0.1) is 0 Å². The van der Waals surface area contributed by atoms with Crippen LogP contribution >= 0.6 is 0 Å². The monoisotopic (exact) mass is 166 g/mol.